The molecule has 0 bridgehead atoms. The normalized spacial score (nSPS) is 15.2. The van der Waals surface area contributed by atoms with E-state index < -0.39 is 6.61 Å². The van der Waals surface area contributed by atoms with E-state index >= 15 is 0 Å². The summed E-state index contributed by atoms with van der Waals surface area (Å²) in [5.41, 5.74) is 5.47. The summed E-state index contributed by atoms with van der Waals surface area (Å²) in [6.45, 7) is 0.248. The Morgan fingerprint density at radius 3 is 2.42 bits per heavy atom. The number of ether oxygens (including phenoxy) is 1. The second-order valence-corrected chi connectivity index (χ2v) is 6.49. The van der Waals surface area contributed by atoms with E-state index in [0.717, 1.165) is 12.1 Å². The molecule has 2 aromatic rings. The molecule has 0 spiro atoms. The maximum atomic E-state index is 12.2. The standard InChI is InChI=1S/C20H23F2NO/c1-14(17-9-8-16-4-2-3-5-18(16)12-17)23-13-15-6-10-19(11-7-15)24-20(21)22/h6-12,14,20,23H,2-5,13H2,1H3/p+1/t14-/m0/s1. The van der Waals surface area contributed by atoms with Gasteiger partial charge in [-0.05, 0) is 74.1 Å². The second kappa shape index (κ2) is 7.75. The number of benzene rings is 2. The molecule has 128 valence electrons. The maximum absolute atomic E-state index is 12.2. The molecule has 0 aromatic heterocycles. The van der Waals surface area contributed by atoms with Crippen LogP contribution in [0.3, 0.4) is 0 Å². The molecule has 0 unspecified atom stereocenters. The van der Waals surface area contributed by atoms with Gasteiger partial charge in [0.25, 0.3) is 0 Å². The van der Waals surface area contributed by atoms with Crippen molar-refractivity contribution in [3.05, 3.63) is 64.7 Å². The highest BCUT2D eigenvalue weighted by Gasteiger charge is 2.14. The van der Waals surface area contributed by atoms with Crippen molar-refractivity contribution in [3.8, 4) is 5.75 Å². The maximum Gasteiger partial charge on any atom is 0.387 e. The van der Waals surface area contributed by atoms with Gasteiger partial charge in [-0.15, -0.1) is 0 Å². The van der Waals surface area contributed by atoms with Gasteiger partial charge in [0, 0.05) is 11.1 Å². The molecule has 0 heterocycles. The third kappa shape index (κ3) is 4.32. The SMILES string of the molecule is C[C@H]([NH2+]Cc1ccc(OC(F)F)cc1)c1ccc2c(c1)CCCC2. The Labute approximate surface area is 141 Å². The molecular formula is C20H24F2NO+. The number of hydrogen-bond acceptors (Lipinski definition) is 1. The third-order valence-electron chi connectivity index (χ3n) is 4.75. The van der Waals surface area contributed by atoms with Crippen LogP contribution < -0.4 is 10.1 Å². The summed E-state index contributed by atoms with van der Waals surface area (Å²) in [5.74, 6) is 0.205. The first-order valence-corrected chi connectivity index (χ1v) is 8.60. The van der Waals surface area contributed by atoms with Crippen LogP contribution in [0.1, 0.15) is 48.1 Å². The van der Waals surface area contributed by atoms with Gasteiger partial charge in [0.1, 0.15) is 18.3 Å². The van der Waals surface area contributed by atoms with Crippen LogP contribution in [0, 0.1) is 0 Å². The van der Waals surface area contributed by atoms with Gasteiger partial charge in [0.15, 0.2) is 0 Å². The minimum atomic E-state index is -2.77. The zero-order valence-electron chi connectivity index (χ0n) is 14.0. The molecule has 0 saturated carbocycles. The van der Waals surface area contributed by atoms with Crippen LogP contribution in [0.5, 0.6) is 5.75 Å². The topological polar surface area (TPSA) is 25.8 Å². The van der Waals surface area contributed by atoms with Crippen molar-refractivity contribution in [1.82, 2.24) is 0 Å². The van der Waals surface area contributed by atoms with Crippen molar-refractivity contribution in [3.63, 3.8) is 0 Å². The summed E-state index contributed by atoms with van der Waals surface area (Å²) >= 11 is 0. The Bertz CT molecular complexity index is 670. The number of aryl methyl sites for hydroxylation is 2. The first kappa shape index (κ1) is 16.9. The number of quaternary nitrogens is 1. The minimum absolute atomic E-state index is 0.205. The molecule has 2 nitrogen and oxygen atoms in total. The van der Waals surface area contributed by atoms with Crippen LogP contribution >= 0.6 is 0 Å². The lowest BCUT2D eigenvalue weighted by Crippen LogP contribution is -2.83. The van der Waals surface area contributed by atoms with E-state index in [2.05, 4.69) is 35.2 Å². The van der Waals surface area contributed by atoms with Crippen molar-refractivity contribution in [2.24, 2.45) is 0 Å². The smallest absolute Gasteiger partial charge is 0.387 e. The van der Waals surface area contributed by atoms with E-state index in [4.69, 9.17) is 0 Å². The predicted molar refractivity (Wildman–Crippen MR) is 90.2 cm³/mol. The molecule has 4 heteroatoms. The zero-order valence-corrected chi connectivity index (χ0v) is 14.0. The molecule has 0 saturated heterocycles. The van der Waals surface area contributed by atoms with Crippen LogP contribution in [0.4, 0.5) is 8.78 Å². The lowest BCUT2D eigenvalue weighted by molar-refractivity contribution is -0.707. The van der Waals surface area contributed by atoms with E-state index in [9.17, 15) is 8.78 Å². The largest absolute Gasteiger partial charge is 0.435 e. The summed E-state index contributed by atoms with van der Waals surface area (Å²) < 4.78 is 28.7. The molecule has 0 amide bonds. The van der Waals surface area contributed by atoms with Crippen LogP contribution in [-0.2, 0) is 19.4 Å². The van der Waals surface area contributed by atoms with Crippen LogP contribution in [0.2, 0.25) is 0 Å². The van der Waals surface area contributed by atoms with Crippen molar-refractivity contribution < 1.29 is 18.8 Å². The lowest BCUT2D eigenvalue weighted by atomic mass is 9.89. The van der Waals surface area contributed by atoms with Crippen molar-refractivity contribution >= 4 is 0 Å². The van der Waals surface area contributed by atoms with Crippen molar-refractivity contribution in [2.75, 3.05) is 0 Å². The molecule has 2 N–H and O–H groups in total. The number of fused-ring (bicyclic) bond motifs is 1. The van der Waals surface area contributed by atoms with Gasteiger partial charge in [-0.3, -0.25) is 0 Å². The Kier molecular flexibility index (Phi) is 5.46. The molecule has 2 aromatic carbocycles. The Morgan fingerprint density at radius 1 is 1.00 bits per heavy atom. The molecule has 0 fully saturated rings. The van der Waals surface area contributed by atoms with Gasteiger partial charge in [0.05, 0.1) is 0 Å². The molecule has 1 atom stereocenters. The Hall–Kier alpha value is -1.94. The van der Waals surface area contributed by atoms with Gasteiger partial charge in [-0.1, -0.05) is 12.1 Å². The molecule has 0 aliphatic heterocycles. The zero-order chi connectivity index (χ0) is 16.9. The minimum Gasteiger partial charge on any atom is -0.435 e. The quantitative estimate of drug-likeness (QED) is 0.850. The average molecular weight is 332 g/mol. The van der Waals surface area contributed by atoms with Crippen LogP contribution in [-0.4, -0.2) is 6.61 Å². The fourth-order valence-corrected chi connectivity index (χ4v) is 3.29. The van der Waals surface area contributed by atoms with Gasteiger partial charge in [0.2, 0.25) is 0 Å². The van der Waals surface area contributed by atoms with E-state index in [1.165, 1.54) is 42.4 Å². The number of rotatable bonds is 6. The van der Waals surface area contributed by atoms with Crippen molar-refractivity contribution in [1.29, 1.82) is 0 Å². The molecule has 24 heavy (non-hydrogen) atoms. The van der Waals surface area contributed by atoms with E-state index in [-0.39, 0.29) is 5.75 Å². The third-order valence-corrected chi connectivity index (χ3v) is 4.75. The summed E-state index contributed by atoms with van der Waals surface area (Å²) in [6.07, 6.45) is 5.00. The second-order valence-electron chi connectivity index (χ2n) is 6.49. The van der Waals surface area contributed by atoms with Gasteiger partial charge in [-0.2, -0.15) is 8.78 Å². The Balaban J connectivity index is 1.58. The van der Waals surface area contributed by atoms with Crippen LogP contribution in [0.25, 0.3) is 0 Å². The lowest BCUT2D eigenvalue weighted by Gasteiger charge is -2.18. The highest BCUT2D eigenvalue weighted by Crippen LogP contribution is 2.24. The predicted octanol–water partition coefficient (Wildman–Crippen LogP) is 3.99. The first-order valence-electron chi connectivity index (χ1n) is 8.60. The average Bonchev–Trinajstić information content (AvgIpc) is 2.60. The van der Waals surface area contributed by atoms with Gasteiger partial charge < -0.3 is 10.1 Å². The summed E-state index contributed by atoms with van der Waals surface area (Å²) in [7, 11) is 0. The number of nitrogens with two attached hydrogens (primary N) is 1. The monoisotopic (exact) mass is 332 g/mol. The van der Waals surface area contributed by atoms with E-state index in [0.29, 0.717) is 6.04 Å². The van der Waals surface area contributed by atoms with E-state index in [1.54, 1.807) is 12.1 Å². The molecule has 1 aliphatic carbocycles. The first-order chi connectivity index (χ1) is 11.6. The van der Waals surface area contributed by atoms with Gasteiger partial charge >= 0.3 is 6.61 Å². The molecule has 1 aliphatic rings. The number of halogens is 2. The van der Waals surface area contributed by atoms with E-state index in [1.807, 2.05) is 12.1 Å². The summed E-state index contributed by atoms with van der Waals surface area (Å²) in [6, 6.07) is 14.1. The summed E-state index contributed by atoms with van der Waals surface area (Å²) in [4.78, 5) is 0. The van der Waals surface area contributed by atoms with Crippen molar-refractivity contribution in [2.45, 2.75) is 51.8 Å². The van der Waals surface area contributed by atoms with Gasteiger partial charge in [-0.25, -0.2) is 0 Å². The Morgan fingerprint density at radius 2 is 1.71 bits per heavy atom. The number of alkyl halides is 2. The molecule has 0 radical (unpaired) electrons. The number of hydrogen-bond donors (Lipinski definition) is 1. The van der Waals surface area contributed by atoms with Crippen LogP contribution in [0.15, 0.2) is 42.5 Å². The molecule has 3 rings (SSSR count). The molecular weight excluding hydrogens is 308 g/mol. The highest BCUT2D eigenvalue weighted by molar-refractivity contribution is 5.34. The fourth-order valence-electron chi connectivity index (χ4n) is 3.29. The fraction of sp³-hybridized carbons (Fsp3) is 0.400. The highest BCUT2D eigenvalue weighted by atomic mass is 19.3. The summed E-state index contributed by atoms with van der Waals surface area (Å²) in [5, 5.41) is 2.27.